The second-order valence-electron chi connectivity index (χ2n) is 4.97. The van der Waals surface area contributed by atoms with Crippen LogP contribution in [0.5, 0.6) is 0 Å². The van der Waals surface area contributed by atoms with Gasteiger partial charge in [0.05, 0.1) is 4.75 Å². The second-order valence-corrected chi connectivity index (χ2v) is 8.06. The van der Waals surface area contributed by atoms with Crippen LogP contribution in [0.25, 0.3) is 0 Å². The van der Waals surface area contributed by atoms with Gasteiger partial charge in [0.15, 0.2) is 9.84 Å². The molecule has 0 saturated carbocycles. The smallest absolute Gasteiger partial charge is 0.223 e. The van der Waals surface area contributed by atoms with Gasteiger partial charge in [-0.1, -0.05) is 12.2 Å². The van der Waals surface area contributed by atoms with Gasteiger partial charge < -0.3 is 11.1 Å². The summed E-state index contributed by atoms with van der Waals surface area (Å²) in [6.07, 6.45) is 1.20. The summed E-state index contributed by atoms with van der Waals surface area (Å²) in [5.41, 5.74) is 6.69. The van der Waals surface area contributed by atoms with Gasteiger partial charge in [-0.2, -0.15) is 0 Å². The molecule has 0 fully saturated rings. The van der Waals surface area contributed by atoms with Crippen molar-refractivity contribution in [2.24, 2.45) is 5.73 Å². The Bertz CT molecular complexity index is 597. The molecule has 0 amide bonds. The topological polar surface area (TPSA) is 98.0 Å². The van der Waals surface area contributed by atoms with Crippen LogP contribution in [0.3, 0.4) is 0 Å². The summed E-state index contributed by atoms with van der Waals surface area (Å²) >= 11 is 4.86. The lowest BCUT2D eigenvalue weighted by molar-refractivity contribution is 0.559. The number of hydrogen-bond acceptors (Lipinski definition) is 6. The average molecular weight is 302 g/mol. The van der Waals surface area contributed by atoms with Gasteiger partial charge in [0, 0.05) is 18.5 Å². The van der Waals surface area contributed by atoms with Crippen LogP contribution in [0, 0.1) is 6.92 Å². The van der Waals surface area contributed by atoms with Crippen molar-refractivity contribution < 1.29 is 8.42 Å². The summed E-state index contributed by atoms with van der Waals surface area (Å²) in [4.78, 5) is 8.48. The van der Waals surface area contributed by atoms with E-state index in [0.717, 1.165) is 0 Å². The SMILES string of the molecule is Cc1cc(C(N)=S)nc(NCC(C)(C)S(C)(=O)=O)n1. The summed E-state index contributed by atoms with van der Waals surface area (Å²) < 4.78 is 22.3. The van der Waals surface area contributed by atoms with Gasteiger partial charge in [0.25, 0.3) is 0 Å². The van der Waals surface area contributed by atoms with E-state index in [4.69, 9.17) is 18.0 Å². The number of nitrogens with zero attached hydrogens (tertiary/aromatic N) is 2. The van der Waals surface area contributed by atoms with Gasteiger partial charge in [-0.25, -0.2) is 18.4 Å². The number of sulfone groups is 1. The molecule has 1 aromatic rings. The first-order valence-electron chi connectivity index (χ1n) is 5.62. The highest BCUT2D eigenvalue weighted by Crippen LogP contribution is 2.15. The molecule has 1 aromatic heterocycles. The Labute approximate surface area is 118 Å². The first kappa shape index (κ1) is 15.8. The molecule has 0 aliphatic rings. The van der Waals surface area contributed by atoms with E-state index >= 15 is 0 Å². The molecule has 1 rings (SSSR count). The standard InChI is InChI=1S/C11H18N4O2S2/c1-7-5-8(9(12)18)15-10(14-7)13-6-11(2,3)19(4,16)17/h5H,6H2,1-4H3,(H2,12,18)(H,13,14,15). The molecule has 8 heteroatoms. The first-order valence-corrected chi connectivity index (χ1v) is 7.92. The molecule has 0 aliphatic heterocycles. The first-order chi connectivity index (χ1) is 8.53. The largest absolute Gasteiger partial charge is 0.388 e. The number of nitrogens with one attached hydrogen (secondary N) is 1. The third-order valence-corrected chi connectivity index (χ3v) is 5.14. The van der Waals surface area contributed by atoms with Gasteiger partial charge in [0.1, 0.15) is 10.7 Å². The molecule has 0 spiro atoms. The van der Waals surface area contributed by atoms with E-state index in [-0.39, 0.29) is 11.5 Å². The zero-order chi connectivity index (χ0) is 14.8. The average Bonchev–Trinajstić information content (AvgIpc) is 2.24. The lowest BCUT2D eigenvalue weighted by Crippen LogP contribution is -2.38. The lowest BCUT2D eigenvalue weighted by Gasteiger charge is -2.22. The highest BCUT2D eigenvalue weighted by Gasteiger charge is 2.30. The Morgan fingerprint density at radius 3 is 2.53 bits per heavy atom. The Morgan fingerprint density at radius 2 is 2.05 bits per heavy atom. The maximum atomic E-state index is 11.6. The minimum Gasteiger partial charge on any atom is -0.388 e. The molecule has 106 valence electrons. The van der Waals surface area contributed by atoms with Crippen molar-refractivity contribution in [1.29, 1.82) is 0 Å². The third-order valence-electron chi connectivity index (χ3n) is 2.78. The number of hydrogen-bond donors (Lipinski definition) is 2. The minimum absolute atomic E-state index is 0.177. The number of aromatic nitrogens is 2. The lowest BCUT2D eigenvalue weighted by atomic mass is 10.2. The van der Waals surface area contributed by atoms with E-state index in [1.54, 1.807) is 26.8 Å². The summed E-state index contributed by atoms with van der Waals surface area (Å²) in [5.74, 6) is 0.319. The number of aryl methyl sites for hydroxylation is 1. The van der Waals surface area contributed by atoms with E-state index < -0.39 is 14.6 Å². The third kappa shape index (κ3) is 4.10. The van der Waals surface area contributed by atoms with Crippen LogP contribution in [0.15, 0.2) is 6.07 Å². The van der Waals surface area contributed by atoms with Crippen LogP contribution in [-0.4, -0.2) is 40.9 Å². The molecule has 6 nitrogen and oxygen atoms in total. The summed E-state index contributed by atoms with van der Waals surface area (Å²) in [7, 11) is -3.18. The number of thiocarbonyl (C=S) groups is 1. The number of nitrogens with two attached hydrogens (primary N) is 1. The van der Waals surface area contributed by atoms with Crippen molar-refractivity contribution in [2.75, 3.05) is 18.1 Å². The molecule has 0 aliphatic carbocycles. The molecule has 0 unspecified atom stereocenters. The molecular formula is C11H18N4O2S2. The molecule has 0 bridgehead atoms. The van der Waals surface area contributed by atoms with Gasteiger partial charge in [0.2, 0.25) is 5.95 Å². The summed E-state index contributed by atoms with van der Waals surface area (Å²) in [6, 6.07) is 1.68. The van der Waals surface area contributed by atoms with E-state index in [0.29, 0.717) is 17.3 Å². The fourth-order valence-corrected chi connectivity index (χ4v) is 1.64. The van der Waals surface area contributed by atoms with E-state index in [2.05, 4.69) is 15.3 Å². The Morgan fingerprint density at radius 1 is 1.47 bits per heavy atom. The zero-order valence-corrected chi connectivity index (χ0v) is 13.0. The Balaban J connectivity index is 2.93. The van der Waals surface area contributed by atoms with Gasteiger partial charge >= 0.3 is 0 Å². The minimum atomic E-state index is -3.18. The molecule has 19 heavy (non-hydrogen) atoms. The van der Waals surface area contributed by atoms with Crippen molar-refractivity contribution in [1.82, 2.24) is 9.97 Å². The predicted molar refractivity (Wildman–Crippen MR) is 80.1 cm³/mol. The van der Waals surface area contributed by atoms with E-state index in [1.807, 2.05) is 0 Å². The van der Waals surface area contributed by atoms with Gasteiger partial charge in [-0.05, 0) is 26.8 Å². The highest BCUT2D eigenvalue weighted by molar-refractivity contribution is 7.92. The molecule has 3 N–H and O–H groups in total. The molecule has 0 saturated heterocycles. The molecule has 0 aromatic carbocycles. The second kappa shape index (κ2) is 5.38. The van der Waals surface area contributed by atoms with E-state index in [1.165, 1.54) is 6.26 Å². The number of rotatable bonds is 5. The van der Waals surface area contributed by atoms with Gasteiger partial charge in [-0.15, -0.1) is 0 Å². The van der Waals surface area contributed by atoms with E-state index in [9.17, 15) is 8.42 Å². The van der Waals surface area contributed by atoms with Crippen molar-refractivity contribution in [3.63, 3.8) is 0 Å². The predicted octanol–water partition coefficient (Wildman–Crippen LogP) is 0.654. The number of anilines is 1. The molecule has 0 atom stereocenters. The summed E-state index contributed by atoms with van der Waals surface area (Å²) in [6.45, 7) is 5.27. The normalized spacial score (nSPS) is 12.2. The fourth-order valence-electron chi connectivity index (χ4n) is 1.20. The van der Waals surface area contributed by atoms with Crippen LogP contribution < -0.4 is 11.1 Å². The van der Waals surface area contributed by atoms with Crippen LogP contribution in [0.2, 0.25) is 0 Å². The Kier molecular flexibility index (Phi) is 4.46. The van der Waals surface area contributed by atoms with Crippen LogP contribution >= 0.6 is 12.2 Å². The van der Waals surface area contributed by atoms with Crippen molar-refractivity contribution >= 4 is 33.0 Å². The Hall–Kier alpha value is -1.28. The maximum absolute atomic E-state index is 11.6. The summed E-state index contributed by atoms with van der Waals surface area (Å²) in [5, 5.41) is 2.91. The van der Waals surface area contributed by atoms with Crippen LogP contribution in [0.4, 0.5) is 5.95 Å². The van der Waals surface area contributed by atoms with Crippen molar-refractivity contribution in [3.05, 3.63) is 17.5 Å². The molecule has 0 radical (unpaired) electrons. The molecular weight excluding hydrogens is 284 g/mol. The highest BCUT2D eigenvalue weighted by atomic mass is 32.2. The van der Waals surface area contributed by atoms with Crippen LogP contribution in [-0.2, 0) is 9.84 Å². The van der Waals surface area contributed by atoms with Crippen molar-refractivity contribution in [3.8, 4) is 0 Å². The quantitative estimate of drug-likeness (QED) is 0.771. The molecule has 1 heterocycles. The fraction of sp³-hybridized carbons (Fsp3) is 0.545. The van der Waals surface area contributed by atoms with Crippen LogP contribution in [0.1, 0.15) is 25.2 Å². The zero-order valence-electron chi connectivity index (χ0n) is 11.4. The maximum Gasteiger partial charge on any atom is 0.223 e. The van der Waals surface area contributed by atoms with Crippen molar-refractivity contribution in [2.45, 2.75) is 25.5 Å². The monoisotopic (exact) mass is 302 g/mol. The van der Waals surface area contributed by atoms with Gasteiger partial charge in [-0.3, -0.25) is 0 Å².